The number of nitrogens with zero attached hydrogens (tertiary/aromatic N) is 3. The first-order valence-corrected chi connectivity index (χ1v) is 6.54. The van der Waals surface area contributed by atoms with Crippen molar-refractivity contribution in [3.8, 4) is 0 Å². The van der Waals surface area contributed by atoms with Gasteiger partial charge in [0.1, 0.15) is 0 Å². The third kappa shape index (κ3) is 2.54. The highest BCUT2D eigenvalue weighted by Gasteiger charge is 2.11. The SMILES string of the molecule is CCCCn1c(N)nc2cc(N(C)C(C)=O)ccc21. The van der Waals surface area contributed by atoms with Crippen molar-refractivity contribution in [1.29, 1.82) is 0 Å². The summed E-state index contributed by atoms with van der Waals surface area (Å²) in [5.74, 6) is 0.531. The minimum absolute atomic E-state index is 0.00209. The Bertz CT molecular complexity index is 603. The molecular formula is C14H20N4O. The van der Waals surface area contributed by atoms with Gasteiger partial charge in [-0.3, -0.25) is 4.79 Å². The van der Waals surface area contributed by atoms with Gasteiger partial charge in [-0.2, -0.15) is 0 Å². The van der Waals surface area contributed by atoms with Crippen LogP contribution in [0.1, 0.15) is 26.7 Å². The summed E-state index contributed by atoms with van der Waals surface area (Å²) in [5.41, 5.74) is 8.64. The maximum atomic E-state index is 11.4. The zero-order chi connectivity index (χ0) is 14.0. The zero-order valence-electron chi connectivity index (χ0n) is 11.7. The molecule has 0 aliphatic heterocycles. The van der Waals surface area contributed by atoms with Gasteiger partial charge in [0.05, 0.1) is 11.0 Å². The molecule has 2 aromatic rings. The number of fused-ring (bicyclic) bond motifs is 1. The van der Waals surface area contributed by atoms with Gasteiger partial charge < -0.3 is 15.2 Å². The highest BCUT2D eigenvalue weighted by molar-refractivity contribution is 5.93. The summed E-state index contributed by atoms with van der Waals surface area (Å²) in [6.45, 7) is 4.56. The molecule has 0 unspecified atom stereocenters. The lowest BCUT2D eigenvalue weighted by Gasteiger charge is -2.14. The van der Waals surface area contributed by atoms with Gasteiger partial charge in [0.15, 0.2) is 0 Å². The Hall–Kier alpha value is -2.04. The van der Waals surface area contributed by atoms with Crippen LogP contribution in [0.4, 0.5) is 11.6 Å². The lowest BCUT2D eigenvalue weighted by molar-refractivity contribution is -0.116. The number of nitrogens with two attached hydrogens (primary N) is 1. The van der Waals surface area contributed by atoms with Crippen molar-refractivity contribution in [2.24, 2.45) is 0 Å². The average molecular weight is 260 g/mol. The molecule has 1 amide bonds. The molecule has 0 radical (unpaired) electrons. The number of imidazole rings is 1. The molecule has 0 bridgehead atoms. The van der Waals surface area contributed by atoms with Crippen LogP contribution in [-0.4, -0.2) is 22.5 Å². The van der Waals surface area contributed by atoms with Gasteiger partial charge in [-0.1, -0.05) is 13.3 Å². The second-order valence-corrected chi connectivity index (χ2v) is 4.73. The monoisotopic (exact) mass is 260 g/mol. The summed E-state index contributed by atoms with van der Waals surface area (Å²) in [5, 5.41) is 0. The Morgan fingerprint density at radius 1 is 1.47 bits per heavy atom. The molecule has 2 rings (SSSR count). The Balaban J connectivity index is 2.42. The highest BCUT2D eigenvalue weighted by atomic mass is 16.2. The fourth-order valence-corrected chi connectivity index (χ4v) is 2.08. The molecule has 0 spiro atoms. The zero-order valence-corrected chi connectivity index (χ0v) is 11.7. The van der Waals surface area contributed by atoms with Crippen molar-refractivity contribution < 1.29 is 4.79 Å². The normalized spacial score (nSPS) is 10.9. The molecule has 1 aromatic heterocycles. The number of nitrogen functional groups attached to an aromatic ring is 1. The predicted molar refractivity (Wildman–Crippen MR) is 78.1 cm³/mol. The number of benzene rings is 1. The lowest BCUT2D eigenvalue weighted by atomic mass is 10.2. The predicted octanol–water partition coefficient (Wildman–Crippen LogP) is 2.40. The van der Waals surface area contributed by atoms with Crippen molar-refractivity contribution in [2.45, 2.75) is 33.2 Å². The van der Waals surface area contributed by atoms with E-state index in [0.29, 0.717) is 5.95 Å². The van der Waals surface area contributed by atoms with Gasteiger partial charge in [-0.15, -0.1) is 0 Å². The number of anilines is 2. The van der Waals surface area contributed by atoms with E-state index in [1.54, 1.807) is 18.9 Å². The first kappa shape index (κ1) is 13.4. The van der Waals surface area contributed by atoms with E-state index in [1.165, 1.54) is 0 Å². The Labute approximate surface area is 113 Å². The third-order valence-corrected chi connectivity index (χ3v) is 3.36. The summed E-state index contributed by atoms with van der Waals surface area (Å²) < 4.78 is 2.02. The van der Waals surface area contributed by atoms with Gasteiger partial charge in [0, 0.05) is 26.2 Å². The lowest BCUT2D eigenvalue weighted by Crippen LogP contribution is -2.22. The molecule has 19 heavy (non-hydrogen) atoms. The van der Waals surface area contributed by atoms with Crippen LogP contribution in [-0.2, 0) is 11.3 Å². The van der Waals surface area contributed by atoms with E-state index in [1.807, 2.05) is 22.8 Å². The van der Waals surface area contributed by atoms with Crippen molar-refractivity contribution in [1.82, 2.24) is 9.55 Å². The first-order chi connectivity index (χ1) is 9.04. The number of carbonyl (C=O) groups is 1. The molecule has 5 heteroatoms. The number of hydrogen-bond donors (Lipinski definition) is 1. The number of aryl methyl sites for hydroxylation is 1. The summed E-state index contributed by atoms with van der Waals surface area (Å²) in [6, 6.07) is 5.80. The third-order valence-electron chi connectivity index (χ3n) is 3.36. The Kier molecular flexibility index (Phi) is 3.74. The molecule has 0 atom stereocenters. The van der Waals surface area contributed by atoms with Crippen LogP contribution in [0.2, 0.25) is 0 Å². The van der Waals surface area contributed by atoms with Crippen molar-refractivity contribution >= 4 is 28.6 Å². The molecule has 0 saturated heterocycles. The smallest absolute Gasteiger partial charge is 0.223 e. The van der Waals surface area contributed by atoms with Crippen LogP contribution < -0.4 is 10.6 Å². The number of carbonyl (C=O) groups excluding carboxylic acids is 1. The number of rotatable bonds is 4. The minimum Gasteiger partial charge on any atom is -0.369 e. The molecule has 0 saturated carbocycles. The molecule has 0 aliphatic rings. The van der Waals surface area contributed by atoms with Gasteiger partial charge in [-0.05, 0) is 24.6 Å². The molecular weight excluding hydrogens is 240 g/mol. The highest BCUT2D eigenvalue weighted by Crippen LogP contribution is 2.24. The minimum atomic E-state index is -0.00209. The average Bonchev–Trinajstić information content (AvgIpc) is 2.70. The summed E-state index contributed by atoms with van der Waals surface area (Å²) in [7, 11) is 1.75. The van der Waals surface area contributed by atoms with Gasteiger partial charge in [-0.25, -0.2) is 4.98 Å². The molecule has 1 aromatic carbocycles. The van der Waals surface area contributed by atoms with E-state index in [-0.39, 0.29) is 5.91 Å². The first-order valence-electron chi connectivity index (χ1n) is 6.54. The van der Waals surface area contributed by atoms with Crippen LogP contribution in [0.25, 0.3) is 11.0 Å². The fraction of sp³-hybridized carbons (Fsp3) is 0.429. The quantitative estimate of drug-likeness (QED) is 0.918. The van der Waals surface area contributed by atoms with Gasteiger partial charge in [0.25, 0.3) is 0 Å². The van der Waals surface area contributed by atoms with Crippen LogP contribution >= 0.6 is 0 Å². The van der Waals surface area contributed by atoms with Crippen LogP contribution in [0, 0.1) is 0 Å². The van der Waals surface area contributed by atoms with Crippen molar-refractivity contribution in [3.05, 3.63) is 18.2 Å². The standard InChI is InChI=1S/C14H20N4O/c1-4-5-8-18-13-7-6-11(17(3)10(2)19)9-12(13)16-14(18)15/h6-7,9H,4-5,8H2,1-3H3,(H2,15,16). The second-order valence-electron chi connectivity index (χ2n) is 4.73. The van der Waals surface area contributed by atoms with E-state index in [9.17, 15) is 4.79 Å². The topological polar surface area (TPSA) is 64.2 Å². The van der Waals surface area contributed by atoms with Crippen LogP contribution in [0.15, 0.2) is 18.2 Å². The Morgan fingerprint density at radius 2 is 2.21 bits per heavy atom. The van der Waals surface area contributed by atoms with Gasteiger partial charge in [0.2, 0.25) is 11.9 Å². The maximum Gasteiger partial charge on any atom is 0.223 e. The molecule has 102 valence electrons. The summed E-state index contributed by atoms with van der Waals surface area (Å²) >= 11 is 0. The van der Waals surface area contributed by atoms with Crippen molar-refractivity contribution in [3.63, 3.8) is 0 Å². The molecule has 1 heterocycles. The maximum absolute atomic E-state index is 11.4. The van der Waals surface area contributed by atoms with E-state index in [0.717, 1.165) is 36.1 Å². The van der Waals surface area contributed by atoms with E-state index in [2.05, 4.69) is 11.9 Å². The number of unbranched alkanes of at least 4 members (excludes halogenated alkanes) is 1. The van der Waals surface area contributed by atoms with Crippen molar-refractivity contribution in [2.75, 3.05) is 17.7 Å². The largest absolute Gasteiger partial charge is 0.369 e. The number of aromatic nitrogens is 2. The molecule has 5 nitrogen and oxygen atoms in total. The summed E-state index contributed by atoms with van der Waals surface area (Å²) in [6.07, 6.45) is 2.19. The van der Waals surface area contributed by atoms with E-state index in [4.69, 9.17) is 5.73 Å². The fourth-order valence-electron chi connectivity index (χ4n) is 2.08. The number of hydrogen-bond acceptors (Lipinski definition) is 3. The number of amides is 1. The van der Waals surface area contributed by atoms with Gasteiger partial charge >= 0.3 is 0 Å². The molecule has 0 aliphatic carbocycles. The summed E-state index contributed by atoms with van der Waals surface area (Å²) in [4.78, 5) is 17.3. The second kappa shape index (κ2) is 5.30. The van der Waals surface area contributed by atoms with Crippen LogP contribution in [0.3, 0.4) is 0 Å². The molecule has 2 N–H and O–H groups in total. The van der Waals surface area contributed by atoms with E-state index >= 15 is 0 Å². The Morgan fingerprint density at radius 3 is 2.84 bits per heavy atom. The van der Waals surface area contributed by atoms with Crippen LogP contribution in [0.5, 0.6) is 0 Å². The van der Waals surface area contributed by atoms with E-state index < -0.39 is 0 Å². The molecule has 0 fully saturated rings.